The third kappa shape index (κ3) is 5.70. The summed E-state index contributed by atoms with van der Waals surface area (Å²) in [7, 11) is 1.69. The summed E-state index contributed by atoms with van der Waals surface area (Å²) in [6.07, 6.45) is -4.10. The van der Waals surface area contributed by atoms with Crippen LogP contribution in [0.5, 0.6) is 0 Å². The Labute approximate surface area is 168 Å². The van der Waals surface area contributed by atoms with Gasteiger partial charge in [0.15, 0.2) is 0 Å². The maximum atomic E-state index is 12.9. The summed E-state index contributed by atoms with van der Waals surface area (Å²) < 4.78 is 36.9. The molecule has 2 heterocycles. The topological polar surface area (TPSA) is 70.1 Å². The second-order valence-corrected chi connectivity index (χ2v) is 7.55. The highest BCUT2D eigenvalue weighted by atomic mass is 19.4. The van der Waals surface area contributed by atoms with E-state index in [4.69, 9.17) is 14.6 Å². The summed E-state index contributed by atoms with van der Waals surface area (Å²) in [5.74, 6) is -1.99. The zero-order chi connectivity index (χ0) is 21.7. The zero-order valence-corrected chi connectivity index (χ0v) is 16.6. The van der Waals surface area contributed by atoms with Crippen molar-refractivity contribution < 1.29 is 32.6 Å². The van der Waals surface area contributed by atoms with E-state index in [-0.39, 0.29) is 5.41 Å². The molecule has 29 heavy (non-hydrogen) atoms. The van der Waals surface area contributed by atoms with Crippen LogP contribution in [0.1, 0.15) is 18.9 Å². The Kier molecular flexibility index (Phi) is 7.65. The summed E-state index contributed by atoms with van der Waals surface area (Å²) in [6, 6.07) is 10.5. The van der Waals surface area contributed by atoms with Crippen molar-refractivity contribution in [1.82, 2.24) is 9.80 Å². The minimum Gasteiger partial charge on any atom is -0.475 e. The number of methoxy groups -OCH3 is 1. The van der Waals surface area contributed by atoms with Crippen molar-refractivity contribution in [1.29, 1.82) is 0 Å². The van der Waals surface area contributed by atoms with Crippen molar-refractivity contribution >= 4 is 11.9 Å². The van der Waals surface area contributed by atoms with E-state index < -0.39 is 12.1 Å². The van der Waals surface area contributed by atoms with Gasteiger partial charge in [-0.1, -0.05) is 37.3 Å². The average molecular weight is 416 g/mol. The number of benzene rings is 1. The third-order valence-electron chi connectivity index (χ3n) is 5.58. The van der Waals surface area contributed by atoms with Crippen molar-refractivity contribution in [3.63, 3.8) is 0 Å². The van der Waals surface area contributed by atoms with Crippen LogP contribution < -0.4 is 0 Å². The van der Waals surface area contributed by atoms with Crippen molar-refractivity contribution in [3.05, 3.63) is 35.9 Å². The molecule has 2 aliphatic rings. The molecule has 162 valence electrons. The van der Waals surface area contributed by atoms with Gasteiger partial charge in [0.25, 0.3) is 0 Å². The minimum atomic E-state index is -5.08. The number of amides is 1. The minimum absolute atomic E-state index is 0.164. The third-order valence-corrected chi connectivity index (χ3v) is 5.58. The number of hydrogen-bond acceptors (Lipinski definition) is 4. The van der Waals surface area contributed by atoms with Crippen LogP contribution in [-0.2, 0) is 20.9 Å². The van der Waals surface area contributed by atoms with Crippen molar-refractivity contribution in [2.24, 2.45) is 11.3 Å². The highest BCUT2D eigenvalue weighted by molar-refractivity contribution is 5.86. The van der Waals surface area contributed by atoms with Crippen LogP contribution in [0.15, 0.2) is 30.3 Å². The van der Waals surface area contributed by atoms with Crippen molar-refractivity contribution in [3.8, 4) is 0 Å². The predicted molar refractivity (Wildman–Crippen MR) is 100 cm³/mol. The molecular formula is C20H27F3N2O4. The first-order chi connectivity index (χ1) is 13.6. The molecule has 1 aromatic carbocycles. The number of carboxylic acids is 1. The van der Waals surface area contributed by atoms with Crippen LogP contribution >= 0.6 is 0 Å². The Balaban J connectivity index is 0.000000370. The van der Waals surface area contributed by atoms with Gasteiger partial charge in [0, 0.05) is 39.8 Å². The van der Waals surface area contributed by atoms with E-state index in [0.29, 0.717) is 18.4 Å². The molecule has 2 saturated heterocycles. The monoisotopic (exact) mass is 416 g/mol. The number of nitrogens with zero attached hydrogens (tertiary/aromatic N) is 2. The van der Waals surface area contributed by atoms with Gasteiger partial charge in [-0.25, -0.2) is 4.79 Å². The highest BCUT2D eigenvalue weighted by Crippen LogP contribution is 2.44. The first-order valence-electron chi connectivity index (χ1n) is 9.45. The summed E-state index contributed by atoms with van der Waals surface area (Å²) in [4.78, 5) is 26.2. The quantitative estimate of drug-likeness (QED) is 0.799. The summed E-state index contributed by atoms with van der Waals surface area (Å²) in [5, 5.41) is 7.12. The SMILES string of the molecule is COCCN1CC[C@]2(CN(Cc3ccccc3)C[C@H]2C)C1=O.O=C(O)C(F)(F)F. The molecular weight excluding hydrogens is 389 g/mol. The van der Waals surface area contributed by atoms with Crippen LogP contribution in [-0.4, -0.2) is 72.9 Å². The normalized spacial score (nSPS) is 24.7. The van der Waals surface area contributed by atoms with Crippen LogP contribution in [0.25, 0.3) is 0 Å². The number of carbonyl (C=O) groups excluding carboxylic acids is 1. The molecule has 0 aromatic heterocycles. The van der Waals surface area contributed by atoms with Gasteiger partial charge < -0.3 is 14.7 Å². The molecule has 3 rings (SSSR count). The molecule has 0 radical (unpaired) electrons. The molecule has 1 spiro atoms. The van der Waals surface area contributed by atoms with Gasteiger partial charge in [-0.15, -0.1) is 0 Å². The van der Waals surface area contributed by atoms with Crippen molar-refractivity contribution in [2.75, 3.05) is 39.9 Å². The molecule has 6 nitrogen and oxygen atoms in total. The number of rotatable bonds is 5. The summed E-state index contributed by atoms with van der Waals surface area (Å²) >= 11 is 0. The number of ether oxygens (including phenoxy) is 1. The van der Waals surface area contributed by atoms with Gasteiger partial charge in [0.1, 0.15) is 0 Å². The van der Waals surface area contributed by atoms with E-state index >= 15 is 0 Å². The zero-order valence-electron chi connectivity index (χ0n) is 16.6. The molecule has 2 aliphatic heterocycles. The molecule has 0 saturated carbocycles. The number of carbonyl (C=O) groups is 2. The maximum absolute atomic E-state index is 12.9. The number of likely N-dealkylation sites (tertiary alicyclic amines) is 2. The van der Waals surface area contributed by atoms with E-state index in [9.17, 15) is 18.0 Å². The van der Waals surface area contributed by atoms with Crippen molar-refractivity contribution in [2.45, 2.75) is 26.1 Å². The Hall–Kier alpha value is -2.13. The molecule has 1 aromatic rings. The van der Waals surface area contributed by atoms with E-state index in [1.54, 1.807) is 7.11 Å². The Morgan fingerprint density at radius 2 is 1.93 bits per heavy atom. The fourth-order valence-electron chi connectivity index (χ4n) is 4.02. The Morgan fingerprint density at radius 1 is 1.31 bits per heavy atom. The van der Waals surface area contributed by atoms with Crippen LogP contribution in [0.4, 0.5) is 13.2 Å². The summed E-state index contributed by atoms with van der Waals surface area (Å²) in [5.41, 5.74) is 1.16. The molecule has 2 fully saturated rings. The second-order valence-electron chi connectivity index (χ2n) is 7.55. The lowest BCUT2D eigenvalue weighted by atomic mass is 9.78. The van der Waals surface area contributed by atoms with Crippen LogP contribution in [0, 0.1) is 11.3 Å². The molecule has 0 unspecified atom stereocenters. The predicted octanol–water partition coefficient (Wildman–Crippen LogP) is 2.64. The smallest absolute Gasteiger partial charge is 0.475 e. The first-order valence-corrected chi connectivity index (χ1v) is 9.45. The molecule has 1 amide bonds. The maximum Gasteiger partial charge on any atom is 0.490 e. The number of carboxylic acid groups (broad SMARTS) is 1. The van der Waals surface area contributed by atoms with Gasteiger partial charge in [-0.2, -0.15) is 13.2 Å². The molecule has 2 atom stereocenters. The fourth-order valence-corrected chi connectivity index (χ4v) is 4.02. The fraction of sp³-hybridized carbons (Fsp3) is 0.600. The first kappa shape index (κ1) is 23.2. The van der Waals surface area contributed by atoms with E-state index in [0.717, 1.165) is 39.1 Å². The lowest BCUT2D eigenvalue weighted by molar-refractivity contribution is -0.192. The molecule has 1 N–H and O–H groups in total. The number of aliphatic carboxylic acids is 1. The average Bonchev–Trinajstić information content (AvgIpc) is 3.14. The van der Waals surface area contributed by atoms with Gasteiger partial charge in [0.05, 0.1) is 12.0 Å². The largest absolute Gasteiger partial charge is 0.490 e. The van der Waals surface area contributed by atoms with E-state index in [2.05, 4.69) is 36.1 Å². The second kappa shape index (κ2) is 9.58. The van der Waals surface area contributed by atoms with Gasteiger partial charge >= 0.3 is 12.1 Å². The lowest BCUT2D eigenvalue weighted by Crippen LogP contribution is -2.40. The van der Waals surface area contributed by atoms with E-state index in [1.165, 1.54) is 5.56 Å². The standard InChI is InChI=1S/C18H26N2O2.C2HF3O2/c1-15-12-19(13-16-6-4-3-5-7-16)14-18(15)8-9-20(17(18)21)10-11-22-2;3-2(4,5)1(6)7/h3-7,15H,8-14H2,1-2H3;(H,6,7)/t15-,18-;/m1./s1. The number of hydrogen-bond donors (Lipinski definition) is 1. The van der Waals surface area contributed by atoms with Gasteiger partial charge in [-0.3, -0.25) is 9.69 Å². The lowest BCUT2D eigenvalue weighted by Gasteiger charge is -2.26. The van der Waals surface area contributed by atoms with Crippen LogP contribution in [0.3, 0.4) is 0 Å². The summed E-state index contributed by atoms with van der Waals surface area (Å²) in [6.45, 7) is 7.32. The van der Waals surface area contributed by atoms with Gasteiger partial charge in [-0.05, 0) is 17.9 Å². The number of alkyl halides is 3. The van der Waals surface area contributed by atoms with Gasteiger partial charge in [0.2, 0.25) is 5.91 Å². The molecule has 0 aliphatic carbocycles. The molecule has 0 bridgehead atoms. The highest BCUT2D eigenvalue weighted by Gasteiger charge is 2.54. The number of halogens is 3. The Morgan fingerprint density at radius 3 is 2.48 bits per heavy atom. The molecule has 9 heteroatoms. The van der Waals surface area contributed by atoms with E-state index in [1.807, 2.05) is 11.0 Å². The van der Waals surface area contributed by atoms with Crippen LogP contribution in [0.2, 0.25) is 0 Å². The Bertz CT molecular complexity index is 699.